The number of amides is 1. The number of hydrogen-bond acceptors (Lipinski definition) is 3. The number of para-hydroxylation sites is 1. The highest BCUT2D eigenvalue weighted by Gasteiger charge is 2.22. The highest BCUT2D eigenvalue weighted by molar-refractivity contribution is 7.16. The van der Waals surface area contributed by atoms with Crippen molar-refractivity contribution in [2.24, 2.45) is 0 Å². The van der Waals surface area contributed by atoms with E-state index in [2.05, 4.69) is 12.1 Å². The highest BCUT2D eigenvalue weighted by Crippen LogP contribution is 2.15. The van der Waals surface area contributed by atoms with Gasteiger partial charge in [-0.15, -0.1) is 0 Å². The van der Waals surface area contributed by atoms with Gasteiger partial charge in [-0.25, -0.2) is 0 Å². The van der Waals surface area contributed by atoms with E-state index >= 15 is 0 Å². The average Bonchev–Trinajstić information content (AvgIpc) is 2.83. The van der Waals surface area contributed by atoms with Crippen molar-refractivity contribution in [2.45, 2.75) is 6.54 Å². The lowest BCUT2D eigenvalue weighted by Crippen LogP contribution is -2.47. The van der Waals surface area contributed by atoms with Gasteiger partial charge in [0.25, 0.3) is 5.91 Å². The molecule has 0 radical (unpaired) electrons. The van der Waals surface area contributed by atoms with Crippen LogP contribution in [0.2, 0.25) is 0 Å². The first-order chi connectivity index (χ1) is 8.84. The van der Waals surface area contributed by atoms with Crippen LogP contribution in [0.5, 0.6) is 0 Å². The van der Waals surface area contributed by atoms with E-state index in [9.17, 15) is 4.79 Å². The molecule has 1 fully saturated rings. The molecule has 2 aromatic rings. The number of morpholine rings is 1. The number of thiazole rings is 1. The van der Waals surface area contributed by atoms with E-state index in [0.717, 1.165) is 5.52 Å². The van der Waals surface area contributed by atoms with Crippen molar-refractivity contribution < 1.29 is 14.1 Å². The zero-order valence-electron chi connectivity index (χ0n) is 10.0. The summed E-state index contributed by atoms with van der Waals surface area (Å²) in [5, 5.41) is 0. The first kappa shape index (κ1) is 11.6. The van der Waals surface area contributed by atoms with Crippen molar-refractivity contribution in [3.63, 3.8) is 0 Å². The van der Waals surface area contributed by atoms with Crippen molar-refractivity contribution in [1.29, 1.82) is 0 Å². The molecular weight excluding hydrogens is 248 g/mol. The van der Waals surface area contributed by atoms with Gasteiger partial charge in [-0.3, -0.25) is 4.79 Å². The minimum Gasteiger partial charge on any atom is -0.378 e. The molecule has 3 rings (SSSR count). The Morgan fingerprint density at radius 2 is 2.11 bits per heavy atom. The Balaban J connectivity index is 1.77. The van der Waals surface area contributed by atoms with E-state index in [4.69, 9.17) is 4.74 Å². The summed E-state index contributed by atoms with van der Waals surface area (Å²) in [5.74, 6) is 0.173. The molecule has 1 aromatic heterocycles. The quantitative estimate of drug-likeness (QED) is 0.759. The SMILES string of the molecule is O=C(C[n+]1csc2ccccc21)N1CCOCC1. The van der Waals surface area contributed by atoms with Gasteiger partial charge in [-0.1, -0.05) is 23.5 Å². The fourth-order valence-corrected chi connectivity index (χ4v) is 3.04. The monoisotopic (exact) mass is 263 g/mol. The zero-order chi connectivity index (χ0) is 12.4. The molecule has 4 nitrogen and oxygen atoms in total. The van der Waals surface area contributed by atoms with Gasteiger partial charge in [0.2, 0.25) is 17.6 Å². The number of carbonyl (C=O) groups is 1. The Bertz CT molecular complexity index is 561. The molecule has 1 amide bonds. The van der Waals surface area contributed by atoms with Gasteiger partial charge < -0.3 is 9.64 Å². The van der Waals surface area contributed by atoms with Crippen molar-refractivity contribution in [3.05, 3.63) is 29.8 Å². The average molecular weight is 263 g/mol. The summed E-state index contributed by atoms with van der Waals surface area (Å²) in [7, 11) is 0. The second-order valence-electron chi connectivity index (χ2n) is 4.31. The molecule has 1 aliphatic rings. The Labute approximate surface area is 109 Å². The number of ether oxygens (including phenoxy) is 1. The van der Waals surface area contributed by atoms with Gasteiger partial charge in [0.1, 0.15) is 4.70 Å². The highest BCUT2D eigenvalue weighted by atomic mass is 32.1. The first-order valence-electron chi connectivity index (χ1n) is 6.06. The van der Waals surface area contributed by atoms with Crippen LogP contribution in [0.15, 0.2) is 29.8 Å². The van der Waals surface area contributed by atoms with Crippen LogP contribution in [0.4, 0.5) is 0 Å². The first-order valence-corrected chi connectivity index (χ1v) is 6.94. The summed E-state index contributed by atoms with van der Waals surface area (Å²) >= 11 is 1.67. The molecule has 0 saturated carbocycles. The molecule has 0 atom stereocenters. The molecule has 2 heterocycles. The third-order valence-corrected chi connectivity index (χ3v) is 4.11. The topological polar surface area (TPSA) is 33.4 Å². The maximum Gasteiger partial charge on any atom is 0.288 e. The third-order valence-electron chi connectivity index (χ3n) is 3.15. The van der Waals surface area contributed by atoms with Gasteiger partial charge in [0.05, 0.1) is 13.2 Å². The van der Waals surface area contributed by atoms with Crippen LogP contribution < -0.4 is 4.57 Å². The number of rotatable bonds is 2. The standard InChI is InChI=1S/C13H15N2O2S/c16-13(14-5-7-17-8-6-14)9-15-10-18-12-4-2-1-3-11(12)15/h1-4,10H,5-9H2/q+1. The summed E-state index contributed by atoms with van der Waals surface area (Å²) in [4.78, 5) is 14.0. The minimum atomic E-state index is 0.173. The third kappa shape index (κ3) is 2.23. The maximum atomic E-state index is 12.2. The lowest BCUT2D eigenvalue weighted by molar-refractivity contribution is -0.654. The van der Waals surface area contributed by atoms with Crippen LogP contribution in [0.3, 0.4) is 0 Å². The van der Waals surface area contributed by atoms with Gasteiger partial charge in [0, 0.05) is 19.2 Å². The summed E-state index contributed by atoms with van der Waals surface area (Å²) in [5.41, 5.74) is 3.15. The molecule has 94 valence electrons. The van der Waals surface area contributed by atoms with E-state index in [1.54, 1.807) is 11.3 Å². The van der Waals surface area contributed by atoms with Crippen LogP contribution in [0.25, 0.3) is 10.2 Å². The molecule has 0 unspecified atom stereocenters. The van der Waals surface area contributed by atoms with Crippen molar-refractivity contribution in [3.8, 4) is 0 Å². The van der Waals surface area contributed by atoms with Crippen LogP contribution in [0.1, 0.15) is 0 Å². The van der Waals surface area contributed by atoms with Crippen molar-refractivity contribution in [2.75, 3.05) is 26.3 Å². The van der Waals surface area contributed by atoms with Gasteiger partial charge in [0.15, 0.2) is 0 Å². The number of aromatic nitrogens is 1. The van der Waals surface area contributed by atoms with Crippen LogP contribution in [-0.4, -0.2) is 37.1 Å². The zero-order valence-corrected chi connectivity index (χ0v) is 10.9. The molecule has 1 aliphatic heterocycles. The molecule has 0 aliphatic carbocycles. The summed E-state index contributed by atoms with van der Waals surface area (Å²) in [6.45, 7) is 3.15. The number of fused-ring (bicyclic) bond motifs is 1. The Hall–Kier alpha value is -1.46. The number of hydrogen-bond donors (Lipinski definition) is 0. The van der Waals surface area contributed by atoms with E-state index in [1.807, 2.05) is 27.1 Å². The Morgan fingerprint density at radius 1 is 1.33 bits per heavy atom. The second kappa shape index (κ2) is 5.04. The van der Waals surface area contributed by atoms with Gasteiger partial charge >= 0.3 is 0 Å². The smallest absolute Gasteiger partial charge is 0.288 e. The molecule has 18 heavy (non-hydrogen) atoms. The van der Waals surface area contributed by atoms with E-state index in [1.165, 1.54) is 4.70 Å². The summed E-state index contributed by atoms with van der Waals surface area (Å²) in [6, 6.07) is 8.16. The van der Waals surface area contributed by atoms with E-state index in [-0.39, 0.29) is 5.91 Å². The lowest BCUT2D eigenvalue weighted by Gasteiger charge is -2.25. The van der Waals surface area contributed by atoms with E-state index in [0.29, 0.717) is 32.8 Å². The van der Waals surface area contributed by atoms with Crippen molar-refractivity contribution >= 4 is 27.5 Å². The Kier molecular flexibility index (Phi) is 3.25. The van der Waals surface area contributed by atoms with Crippen LogP contribution in [-0.2, 0) is 16.1 Å². The van der Waals surface area contributed by atoms with E-state index < -0.39 is 0 Å². The fraction of sp³-hybridized carbons (Fsp3) is 0.385. The normalized spacial score (nSPS) is 16.1. The molecule has 0 N–H and O–H groups in total. The lowest BCUT2D eigenvalue weighted by atomic mass is 10.3. The predicted molar refractivity (Wildman–Crippen MR) is 69.4 cm³/mol. The number of carbonyl (C=O) groups excluding carboxylic acids is 1. The minimum absolute atomic E-state index is 0.173. The summed E-state index contributed by atoms with van der Waals surface area (Å²) < 4.78 is 8.50. The fourth-order valence-electron chi connectivity index (χ4n) is 2.15. The van der Waals surface area contributed by atoms with Crippen LogP contribution >= 0.6 is 11.3 Å². The Morgan fingerprint density at radius 3 is 2.94 bits per heavy atom. The van der Waals surface area contributed by atoms with Crippen LogP contribution in [0, 0.1) is 0 Å². The molecule has 1 aromatic carbocycles. The summed E-state index contributed by atoms with van der Waals surface area (Å²) in [6.07, 6.45) is 0. The largest absolute Gasteiger partial charge is 0.378 e. The maximum absolute atomic E-state index is 12.2. The van der Waals surface area contributed by atoms with Crippen molar-refractivity contribution in [1.82, 2.24) is 4.90 Å². The second-order valence-corrected chi connectivity index (χ2v) is 5.20. The molecule has 0 bridgehead atoms. The predicted octanol–water partition coefficient (Wildman–Crippen LogP) is 1.05. The number of benzene rings is 1. The van der Waals surface area contributed by atoms with Gasteiger partial charge in [-0.05, 0) is 6.07 Å². The molecule has 0 spiro atoms. The molecule has 1 saturated heterocycles. The number of nitrogens with zero attached hydrogens (tertiary/aromatic N) is 2. The van der Waals surface area contributed by atoms with Gasteiger partial charge in [-0.2, -0.15) is 4.57 Å². The molecular formula is C13H15N2O2S+. The molecule has 5 heteroatoms.